The molecule has 2 atom stereocenters. The van der Waals surface area contributed by atoms with Crippen molar-refractivity contribution in [2.24, 2.45) is 0 Å². The zero-order chi connectivity index (χ0) is 12.4. The smallest absolute Gasteiger partial charge is 0.109 e. The van der Waals surface area contributed by atoms with E-state index < -0.39 is 6.10 Å². The predicted octanol–water partition coefficient (Wildman–Crippen LogP) is 2.97. The SMILES string of the molecule is OC(Cc1cccs1)C1OCCc2ccccc21. The van der Waals surface area contributed by atoms with Crippen LogP contribution in [0.2, 0.25) is 0 Å². The maximum absolute atomic E-state index is 10.4. The molecule has 1 aromatic heterocycles. The summed E-state index contributed by atoms with van der Waals surface area (Å²) in [4.78, 5) is 1.20. The van der Waals surface area contributed by atoms with Gasteiger partial charge in [-0.05, 0) is 29.0 Å². The van der Waals surface area contributed by atoms with Gasteiger partial charge >= 0.3 is 0 Å². The Morgan fingerprint density at radius 1 is 1.28 bits per heavy atom. The molecule has 3 heteroatoms. The minimum atomic E-state index is -0.468. The van der Waals surface area contributed by atoms with Crippen LogP contribution in [0.15, 0.2) is 41.8 Å². The summed E-state index contributed by atoms with van der Waals surface area (Å²) in [5.41, 5.74) is 2.45. The molecule has 0 aliphatic carbocycles. The van der Waals surface area contributed by atoms with Crippen LogP contribution in [0, 0.1) is 0 Å². The molecule has 0 radical (unpaired) electrons. The summed E-state index contributed by atoms with van der Waals surface area (Å²) in [5.74, 6) is 0. The Hall–Kier alpha value is -1.16. The average molecular weight is 260 g/mol. The first-order valence-corrected chi connectivity index (χ1v) is 7.12. The van der Waals surface area contributed by atoms with Crippen LogP contribution < -0.4 is 0 Å². The van der Waals surface area contributed by atoms with Gasteiger partial charge in [0.2, 0.25) is 0 Å². The number of hydrogen-bond acceptors (Lipinski definition) is 3. The van der Waals surface area contributed by atoms with Gasteiger partial charge in [-0.15, -0.1) is 11.3 Å². The number of rotatable bonds is 3. The van der Waals surface area contributed by atoms with Crippen LogP contribution in [0.25, 0.3) is 0 Å². The molecule has 0 saturated carbocycles. The standard InChI is InChI=1S/C15H16O2S/c16-14(10-12-5-3-9-18-12)15-13-6-2-1-4-11(13)7-8-17-15/h1-6,9,14-16H,7-8,10H2. The van der Waals surface area contributed by atoms with E-state index in [0.29, 0.717) is 13.0 Å². The number of benzene rings is 1. The zero-order valence-electron chi connectivity index (χ0n) is 10.1. The molecule has 0 fully saturated rings. The summed E-state index contributed by atoms with van der Waals surface area (Å²) in [7, 11) is 0. The number of fused-ring (bicyclic) bond motifs is 1. The highest BCUT2D eigenvalue weighted by atomic mass is 32.1. The second kappa shape index (κ2) is 5.22. The first kappa shape index (κ1) is 11.9. The van der Waals surface area contributed by atoms with Gasteiger partial charge in [-0.1, -0.05) is 30.3 Å². The maximum atomic E-state index is 10.4. The second-order valence-corrected chi connectivity index (χ2v) is 5.62. The molecule has 1 aliphatic rings. The van der Waals surface area contributed by atoms with Crippen molar-refractivity contribution >= 4 is 11.3 Å². The van der Waals surface area contributed by atoms with E-state index in [-0.39, 0.29) is 6.10 Å². The third-order valence-corrected chi connectivity index (χ3v) is 4.27. The number of aliphatic hydroxyl groups excluding tert-OH is 1. The molecule has 2 aromatic rings. The van der Waals surface area contributed by atoms with Crippen LogP contribution in [0.4, 0.5) is 0 Å². The fourth-order valence-electron chi connectivity index (χ4n) is 2.49. The lowest BCUT2D eigenvalue weighted by Gasteiger charge is -2.29. The molecule has 3 rings (SSSR count). The van der Waals surface area contributed by atoms with Crippen molar-refractivity contribution in [3.05, 3.63) is 57.8 Å². The fraction of sp³-hybridized carbons (Fsp3) is 0.333. The van der Waals surface area contributed by atoms with Crippen molar-refractivity contribution in [3.8, 4) is 0 Å². The summed E-state index contributed by atoms with van der Waals surface area (Å²) in [6, 6.07) is 12.3. The highest BCUT2D eigenvalue weighted by Gasteiger charge is 2.27. The molecule has 94 valence electrons. The van der Waals surface area contributed by atoms with Crippen molar-refractivity contribution < 1.29 is 9.84 Å². The molecule has 0 saturated heterocycles. The Morgan fingerprint density at radius 3 is 3.00 bits per heavy atom. The van der Waals surface area contributed by atoms with Gasteiger partial charge in [-0.2, -0.15) is 0 Å². The molecule has 2 unspecified atom stereocenters. The van der Waals surface area contributed by atoms with Gasteiger partial charge in [0.15, 0.2) is 0 Å². The van der Waals surface area contributed by atoms with E-state index in [0.717, 1.165) is 12.0 Å². The first-order chi connectivity index (χ1) is 8.84. The number of ether oxygens (including phenoxy) is 1. The Bertz CT molecular complexity index is 507. The van der Waals surface area contributed by atoms with Gasteiger partial charge in [-0.3, -0.25) is 0 Å². The lowest BCUT2D eigenvalue weighted by molar-refractivity contribution is -0.0457. The topological polar surface area (TPSA) is 29.5 Å². The second-order valence-electron chi connectivity index (χ2n) is 4.59. The average Bonchev–Trinajstić information content (AvgIpc) is 2.91. The van der Waals surface area contributed by atoms with Crippen LogP contribution in [0.1, 0.15) is 22.1 Å². The normalized spacial score (nSPS) is 20.4. The van der Waals surface area contributed by atoms with E-state index in [1.807, 2.05) is 23.6 Å². The zero-order valence-corrected chi connectivity index (χ0v) is 10.9. The van der Waals surface area contributed by atoms with E-state index in [1.165, 1.54) is 10.4 Å². The minimum absolute atomic E-state index is 0.183. The quantitative estimate of drug-likeness (QED) is 0.919. The Morgan fingerprint density at radius 2 is 2.17 bits per heavy atom. The Kier molecular flexibility index (Phi) is 3.46. The number of thiophene rings is 1. The molecule has 0 spiro atoms. The molecular formula is C15H16O2S. The summed E-state index contributed by atoms with van der Waals surface area (Å²) in [5, 5.41) is 12.4. The van der Waals surface area contributed by atoms with Gasteiger partial charge in [-0.25, -0.2) is 0 Å². The van der Waals surface area contributed by atoms with Crippen molar-refractivity contribution in [1.82, 2.24) is 0 Å². The van der Waals surface area contributed by atoms with Crippen LogP contribution >= 0.6 is 11.3 Å². The van der Waals surface area contributed by atoms with Crippen molar-refractivity contribution in [3.63, 3.8) is 0 Å². The molecule has 2 heterocycles. The van der Waals surface area contributed by atoms with Crippen molar-refractivity contribution in [1.29, 1.82) is 0 Å². The van der Waals surface area contributed by atoms with Gasteiger partial charge in [0.25, 0.3) is 0 Å². The monoisotopic (exact) mass is 260 g/mol. The van der Waals surface area contributed by atoms with E-state index >= 15 is 0 Å². The number of hydrogen-bond donors (Lipinski definition) is 1. The first-order valence-electron chi connectivity index (χ1n) is 6.24. The molecule has 1 aromatic carbocycles. The summed E-state index contributed by atoms with van der Waals surface area (Å²) >= 11 is 1.68. The van der Waals surface area contributed by atoms with Crippen molar-refractivity contribution in [2.45, 2.75) is 25.0 Å². The van der Waals surface area contributed by atoms with Crippen LogP contribution in [-0.4, -0.2) is 17.8 Å². The minimum Gasteiger partial charge on any atom is -0.390 e. The molecule has 2 nitrogen and oxygen atoms in total. The van der Waals surface area contributed by atoms with Crippen LogP contribution in [0.3, 0.4) is 0 Å². The summed E-state index contributed by atoms with van der Waals surface area (Å²) < 4.78 is 5.77. The van der Waals surface area contributed by atoms with Crippen LogP contribution in [0.5, 0.6) is 0 Å². The third kappa shape index (κ3) is 2.34. The number of aliphatic hydroxyl groups is 1. The molecule has 18 heavy (non-hydrogen) atoms. The Balaban J connectivity index is 1.80. The van der Waals surface area contributed by atoms with Gasteiger partial charge in [0.05, 0.1) is 12.7 Å². The van der Waals surface area contributed by atoms with Gasteiger partial charge in [0.1, 0.15) is 6.10 Å². The molecule has 1 N–H and O–H groups in total. The highest BCUT2D eigenvalue weighted by Crippen LogP contribution is 2.31. The molecule has 1 aliphatic heterocycles. The third-order valence-electron chi connectivity index (χ3n) is 3.37. The lowest BCUT2D eigenvalue weighted by atomic mass is 9.93. The van der Waals surface area contributed by atoms with E-state index in [1.54, 1.807) is 11.3 Å². The van der Waals surface area contributed by atoms with E-state index in [2.05, 4.69) is 18.2 Å². The highest BCUT2D eigenvalue weighted by molar-refractivity contribution is 7.09. The van der Waals surface area contributed by atoms with Crippen LogP contribution in [-0.2, 0) is 17.6 Å². The largest absolute Gasteiger partial charge is 0.390 e. The summed E-state index contributed by atoms with van der Waals surface area (Å²) in [6.07, 6.45) is 0.955. The lowest BCUT2D eigenvalue weighted by Crippen LogP contribution is -2.28. The maximum Gasteiger partial charge on any atom is 0.109 e. The van der Waals surface area contributed by atoms with E-state index in [9.17, 15) is 5.11 Å². The predicted molar refractivity (Wildman–Crippen MR) is 72.9 cm³/mol. The summed E-state index contributed by atoms with van der Waals surface area (Å²) in [6.45, 7) is 0.698. The van der Waals surface area contributed by atoms with E-state index in [4.69, 9.17) is 4.74 Å². The molecular weight excluding hydrogens is 244 g/mol. The molecule has 0 bridgehead atoms. The van der Waals surface area contributed by atoms with Crippen molar-refractivity contribution in [2.75, 3.05) is 6.61 Å². The van der Waals surface area contributed by atoms with Gasteiger partial charge < -0.3 is 9.84 Å². The Labute approximate surface area is 111 Å². The van der Waals surface area contributed by atoms with Gasteiger partial charge in [0, 0.05) is 11.3 Å². The molecule has 0 amide bonds. The fourth-order valence-corrected chi connectivity index (χ4v) is 3.24.